The molecule has 0 atom stereocenters. The normalized spacial score (nSPS) is 16.6. The molecule has 0 unspecified atom stereocenters. The first kappa shape index (κ1) is 12.1. The van der Waals surface area contributed by atoms with Crippen molar-refractivity contribution in [2.45, 2.75) is 6.42 Å². The van der Waals surface area contributed by atoms with Gasteiger partial charge in [-0.3, -0.25) is 4.79 Å². The molecule has 0 bridgehead atoms. The van der Waals surface area contributed by atoms with Crippen LogP contribution in [0.1, 0.15) is 16.8 Å². The van der Waals surface area contributed by atoms with Crippen LogP contribution in [-0.4, -0.2) is 35.4 Å². The van der Waals surface area contributed by atoms with Crippen LogP contribution in [0.25, 0.3) is 0 Å². The average Bonchev–Trinajstić information content (AvgIpc) is 2.56. The maximum absolute atomic E-state index is 12.3. The number of anilines is 2. The molecule has 1 aromatic carbocycles. The van der Waals surface area contributed by atoms with Gasteiger partial charge in [0.2, 0.25) is 0 Å². The Kier molecular flexibility index (Phi) is 3.78. The van der Waals surface area contributed by atoms with Crippen LogP contribution >= 0.6 is 11.8 Å². The van der Waals surface area contributed by atoms with Crippen LogP contribution in [0.4, 0.5) is 11.4 Å². The van der Waals surface area contributed by atoms with Crippen LogP contribution in [0.2, 0.25) is 0 Å². The monoisotopic (exact) mass is 251 g/mol. The second kappa shape index (κ2) is 5.31. The summed E-state index contributed by atoms with van der Waals surface area (Å²) < 4.78 is 0. The van der Waals surface area contributed by atoms with Crippen molar-refractivity contribution in [1.82, 2.24) is 4.90 Å². The smallest absolute Gasteiger partial charge is 0.255 e. The molecule has 2 rings (SSSR count). The second-order valence-electron chi connectivity index (χ2n) is 4.10. The van der Waals surface area contributed by atoms with Gasteiger partial charge >= 0.3 is 0 Å². The van der Waals surface area contributed by atoms with Gasteiger partial charge < -0.3 is 16.4 Å². The second-order valence-corrected chi connectivity index (χ2v) is 5.33. The molecule has 1 aromatic rings. The van der Waals surface area contributed by atoms with Gasteiger partial charge in [-0.05, 0) is 30.4 Å². The van der Waals surface area contributed by atoms with Gasteiger partial charge in [-0.1, -0.05) is 0 Å². The van der Waals surface area contributed by atoms with Crippen molar-refractivity contribution in [2.75, 3.05) is 36.1 Å². The summed E-state index contributed by atoms with van der Waals surface area (Å²) in [5, 5.41) is 0. The van der Waals surface area contributed by atoms with Gasteiger partial charge in [0, 0.05) is 30.2 Å². The lowest BCUT2D eigenvalue weighted by Gasteiger charge is -2.20. The third-order valence-electron chi connectivity index (χ3n) is 2.82. The van der Waals surface area contributed by atoms with Gasteiger partial charge in [0.15, 0.2) is 0 Å². The highest BCUT2D eigenvalue weighted by Gasteiger charge is 2.19. The lowest BCUT2D eigenvalue weighted by molar-refractivity contribution is 0.0769. The fraction of sp³-hybridized carbons (Fsp3) is 0.417. The van der Waals surface area contributed by atoms with Crippen LogP contribution < -0.4 is 11.5 Å². The van der Waals surface area contributed by atoms with Gasteiger partial charge in [-0.25, -0.2) is 0 Å². The number of benzene rings is 1. The van der Waals surface area contributed by atoms with Gasteiger partial charge in [-0.2, -0.15) is 11.8 Å². The molecule has 1 amide bonds. The van der Waals surface area contributed by atoms with Crippen molar-refractivity contribution in [3.8, 4) is 0 Å². The lowest BCUT2D eigenvalue weighted by Crippen LogP contribution is -2.33. The molecule has 1 saturated heterocycles. The number of nitrogens with two attached hydrogens (primary N) is 2. The Hall–Kier alpha value is -1.36. The minimum Gasteiger partial charge on any atom is -0.399 e. The maximum atomic E-state index is 12.3. The Balaban J connectivity index is 2.17. The Morgan fingerprint density at radius 1 is 1.24 bits per heavy atom. The predicted molar refractivity (Wildman–Crippen MR) is 73.1 cm³/mol. The Bertz CT molecular complexity index is 414. The summed E-state index contributed by atoms with van der Waals surface area (Å²) in [6, 6.07) is 5.07. The molecule has 0 aliphatic carbocycles. The summed E-state index contributed by atoms with van der Waals surface area (Å²) >= 11 is 1.89. The van der Waals surface area contributed by atoms with Gasteiger partial charge in [0.05, 0.1) is 5.56 Å². The van der Waals surface area contributed by atoms with Crippen molar-refractivity contribution in [3.63, 3.8) is 0 Å². The summed E-state index contributed by atoms with van der Waals surface area (Å²) in [4.78, 5) is 14.2. The van der Waals surface area contributed by atoms with Crippen LogP contribution in [0, 0.1) is 0 Å². The number of hydrogen-bond donors (Lipinski definition) is 2. The highest BCUT2D eigenvalue weighted by molar-refractivity contribution is 7.99. The molecule has 92 valence electrons. The van der Waals surface area contributed by atoms with Crippen molar-refractivity contribution in [1.29, 1.82) is 0 Å². The molecule has 0 saturated carbocycles. The fourth-order valence-corrected chi connectivity index (χ4v) is 2.78. The molecule has 1 aliphatic heterocycles. The number of thioether (sulfide) groups is 1. The van der Waals surface area contributed by atoms with Gasteiger partial charge in [0.1, 0.15) is 0 Å². The molecule has 17 heavy (non-hydrogen) atoms. The largest absolute Gasteiger partial charge is 0.399 e. The zero-order valence-corrected chi connectivity index (χ0v) is 10.5. The molecule has 1 aliphatic rings. The minimum absolute atomic E-state index is 0.0185. The number of nitrogen functional groups attached to an aromatic ring is 2. The number of nitrogens with zero attached hydrogens (tertiary/aromatic N) is 1. The van der Waals surface area contributed by atoms with E-state index in [0.29, 0.717) is 16.9 Å². The van der Waals surface area contributed by atoms with Crippen LogP contribution in [-0.2, 0) is 0 Å². The van der Waals surface area contributed by atoms with Gasteiger partial charge in [-0.15, -0.1) is 0 Å². The molecular weight excluding hydrogens is 234 g/mol. The Morgan fingerprint density at radius 2 is 2.06 bits per heavy atom. The molecule has 0 aromatic heterocycles. The van der Waals surface area contributed by atoms with E-state index in [2.05, 4.69) is 0 Å². The molecular formula is C12H17N3OS. The average molecular weight is 251 g/mol. The topological polar surface area (TPSA) is 72.4 Å². The van der Waals surface area contributed by atoms with Crippen molar-refractivity contribution >= 4 is 29.0 Å². The highest BCUT2D eigenvalue weighted by atomic mass is 32.2. The summed E-state index contributed by atoms with van der Waals surface area (Å²) in [5.74, 6) is 2.15. The van der Waals surface area contributed by atoms with E-state index in [9.17, 15) is 4.79 Å². The van der Waals surface area contributed by atoms with E-state index >= 15 is 0 Å². The number of hydrogen-bond acceptors (Lipinski definition) is 4. The van der Waals surface area contributed by atoms with E-state index in [1.807, 2.05) is 16.7 Å². The van der Waals surface area contributed by atoms with Crippen LogP contribution in [0.3, 0.4) is 0 Å². The third-order valence-corrected chi connectivity index (χ3v) is 3.86. The first-order valence-electron chi connectivity index (χ1n) is 5.70. The van der Waals surface area contributed by atoms with E-state index in [0.717, 1.165) is 31.0 Å². The van der Waals surface area contributed by atoms with E-state index in [-0.39, 0.29) is 5.91 Å². The van der Waals surface area contributed by atoms with Crippen molar-refractivity contribution in [3.05, 3.63) is 23.8 Å². The third kappa shape index (κ3) is 2.85. The molecule has 5 heteroatoms. The summed E-state index contributed by atoms with van der Waals surface area (Å²) in [6.07, 6.45) is 1.05. The highest BCUT2D eigenvalue weighted by Crippen LogP contribution is 2.19. The first-order chi connectivity index (χ1) is 8.18. The zero-order valence-electron chi connectivity index (χ0n) is 9.69. The van der Waals surface area contributed by atoms with Crippen molar-refractivity contribution < 1.29 is 4.79 Å². The number of amides is 1. The van der Waals surface area contributed by atoms with Crippen molar-refractivity contribution in [2.24, 2.45) is 0 Å². The van der Waals surface area contributed by atoms with E-state index < -0.39 is 0 Å². The summed E-state index contributed by atoms with van der Waals surface area (Å²) in [6.45, 7) is 1.61. The lowest BCUT2D eigenvalue weighted by atomic mass is 10.1. The predicted octanol–water partition coefficient (Wildman–Crippen LogP) is 1.43. The van der Waals surface area contributed by atoms with Crippen LogP contribution in [0.15, 0.2) is 18.2 Å². The number of carbonyl (C=O) groups excluding carboxylic acids is 1. The molecule has 4 N–H and O–H groups in total. The maximum Gasteiger partial charge on any atom is 0.255 e. The SMILES string of the molecule is Nc1ccc(C(=O)N2CCCSCC2)c(N)c1. The number of carbonyl (C=O) groups is 1. The van der Waals surface area contributed by atoms with Gasteiger partial charge in [0.25, 0.3) is 5.91 Å². The Labute approximate surface area is 105 Å². The standard InChI is InChI=1S/C12H17N3OS/c13-9-2-3-10(11(14)8-9)12(16)15-4-1-6-17-7-5-15/h2-3,8H,1,4-7,13-14H2. The molecule has 1 fully saturated rings. The fourth-order valence-electron chi connectivity index (χ4n) is 1.90. The van der Waals surface area contributed by atoms with E-state index in [4.69, 9.17) is 11.5 Å². The molecule has 4 nitrogen and oxygen atoms in total. The van der Waals surface area contributed by atoms with Crippen LogP contribution in [0.5, 0.6) is 0 Å². The molecule has 0 radical (unpaired) electrons. The first-order valence-corrected chi connectivity index (χ1v) is 6.86. The van der Waals surface area contributed by atoms with E-state index in [1.54, 1.807) is 18.2 Å². The zero-order chi connectivity index (χ0) is 12.3. The van der Waals surface area contributed by atoms with E-state index in [1.165, 1.54) is 0 Å². The summed E-state index contributed by atoms with van der Waals surface area (Å²) in [5.41, 5.74) is 13.1. The molecule has 1 heterocycles. The quantitative estimate of drug-likeness (QED) is 0.741. The minimum atomic E-state index is 0.0185. The Morgan fingerprint density at radius 3 is 2.82 bits per heavy atom. The summed E-state index contributed by atoms with van der Waals surface area (Å²) in [7, 11) is 0. The molecule has 0 spiro atoms. The number of rotatable bonds is 1.